The lowest BCUT2D eigenvalue weighted by atomic mass is 10.0. The predicted octanol–water partition coefficient (Wildman–Crippen LogP) is 3.13. The molecule has 1 heterocycles. The van der Waals surface area contributed by atoms with E-state index in [1.54, 1.807) is 24.3 Å². The highest BCUT2D eigenvalue weighted by Crippen LogP contribution is 2.28. The maximum atomic E-state index is 12.0. The van der Waals surface area contributed by atoms with Crippen molar-refractivity contribution in [3.05, 3.63) is 40.7 Å². The average Bonchev–Trinajstić information content (AvgIpc) is 3.35. The van der Waals surface area contributed by atoms with Crippen LogP contribution in [-0.4, -0.2) is 32.7 Å². The van der Waals surface area contributed by atoms with Gasteiger partial charge in [-0.1, -0.05) is 61.2 Å². The Morgan fingerprint density at radius 3 is 2.78 bits per heavy atom. The number of nitrogens with one attached hydrogen (secondary N) is 3. The van der Waals surface area contributed by atoms with Gasteiger partial charge < -0.3 is 0 Å². The number of aromatic nitrogens is 3. The number of nitrogens with zero attached hydrogens (tertiary/aromatic N) is 2. The van der Waals surface area contributed by atoms with Crippen LogP contribution < -0.4 is 10.9 Å². The molecule has 1 saturated carbocycles. The smallest absolute Gasteiger partial charge is 0.271 e. The topological polar surface area (TPSA) is 99.8 Å². The van der Waals surface area contributed by atoms with Crippen LogP contribution in [0.4, 0.5) is 0 Å². The molecule has 0 radical (unpaired) electrons. The van der Waals surface area contributed by atoms with Gasteiger partial charge in [-0.2, -0.15) is 0 Å². The first-order chi connectivity index (χ1) is 13.1. The molecule has 0 spiro atoms. The van der Waals surface area contributed by atoms with Crippen molar-refractivity contribution in [2.24, 2.45) is 5.92 Å². The molecule has 1 aromatic carbocycles. The second-order valence-electron chi connectivity index (χ2n) is 6.52. The molecule has 1 aliphatic carbocycles. The Morgan fingerprint density at radius 1 is 1.22 bits per heavy atom. The minimum absolute atomic E-state index is 0.0999. The van der Waals surface area contributed by atoms with Gasteiger partial charge in [-0.05, 0) is 24.5 Å². The number of rotatable bonds is 7. The highest BCUT2D eigenvalue weighted by atomic mass is 35.5. The first-order valence-corrected chi connectivity index (χ1v) is 10.4. The van der Waals surface area contributed by atoms with Gasteiger partial charge in [0, 0.05) is 6.42 Å². The standard InChI is InChI=1S/C18H22ClN5O2S/c19-14-8-4-3-7-13(14)17(26)23-22-16(25)11-27-18-20-15(21-24-18)10-9-12-5-1-2-6-12/h3-4,7-8,12H,1-2,5-6,9-11H2,(H,22,25)(H,23,26)(H,20,21,24). The van der Waals surface area contributed by atoms with Gasteiger partial charge in [-0.3, -0.25) is 25.5 Å². The fourth-order valence-electron chi connectivity index (χ4n) is 3.10. The first-order valence-electron chi connectivity index (χ1n) is 8.99. The van der Waals surface area contributed by atoms with Crippen LogP contribution in [0.3, 0.4) is 0 Å². The summed E-state index contributed by atoms with van der Waals surface area (Å²) >= 11 is 7.16. The second kappa shape index (κ2) is 9.75. The zero-order valence-corrected chi connectivity index (χ0v) is 16.4. The SMILES string of the molecule is O=C(CSc1n[nH]c(CCC2CCCC2)n1)NNC(=O)c1ccccc1Cl. The fourth-order valence-corrected chi connectivity index (χ4v) is 3.94. The summed E-state index contributed by atoms with van der Waals surface area (Å²) in [6.45, 7) is 0. The average molecular weight is 408 g/mol. The van der Waals surface area contributed by atoms with Crippen LogP contribution in [0, 0.1) is 5.92 Å². The van der Waals surface area contributed by atoms with E-state index in [2.05, 4.69) is 26.0 Å². The third kappa shape index (κ3) is 5.97. The van der Waals surface area contributed by atoms with E-state index in [0.29, 0.717) is 15.7 Å². The maximum absolute atomic E-state index is 12.0. The highest BCUT2D eigenvalue weighted by Gasteiger charge is 2.16. The highest BCUT2D eigenvalue weighted by molar-refractivity contribution is 7.99. The number of halogens is 1. The Bertz CT molecular complexity index is 792. The molecule has 0 aliphatic heterocycles. The second-order valence-corrected chi connectivity index (χ2v) is 7.87. The van der Waals surface area contributed by atoms with Gasteiger partial charge in [0.1, 0.15) is 5.82 Å². The van der Waals surface area contributed by atoms with Gasteiger partial charge in [-0.25, -0.2) is 4.98 Å². The summed E-state index contributed by atoms with van der Waals surface area (Å²) in [5.41, 5.74) is 5.01. The van der Waals surface area contributed by atoms with Crippen LogP contribution in [0.1, 0.15) is 48.3 Å². The molecule has 0 bridgehead atoms. The molecule has 3 rings (SSSR count). The Labute approximate surface area is 167 Å². The molecule has 2 aromatic rings. The van der Waals surface area contributed by atoms with Crippen molar-refractivity contribution in [2.75, 3.05) is 5.75 Å². The number of benzene rings is 1. The predicted molar refractivity (Wildman–Crippen MR) is 104 cm³/mol. The number of hydrogen-bond acceptors (Lipinski definition) is 5. The van der Waals surface area contributed by atoms with Crippen molar-refractivity contribution in [3.63, 3.8) is 0 Å². The van der Waals surface area contributed by atoms with Crippen LogP contribution in [0.2, 0.25) is 5.02 Å². The summed E-state index contributed by atoms with van der Waals surface area (Å²) in [6.07, 6.45) is 7.33. The van der Waals surface area contributed by atoms with Gasteiger partial charge in [0.15, 0.2) is 0 Å². The molecule has 1 aromatic heterocycles. The molecule has 1 aliphatic rings. The van der Waals surface area contributed by atoms with Gasteiger partial charge in [0.05, 0.1) is 16.3 Å². The minimum Gasteiger partial charge on any atom is -0.272 e. The zero-order valence-electron chi connectivity index (χ0n) is 14.8. The lowest BCUT2D eigenvalue weighted by molar-refractivity contribution is -0.119. The van der Waals surface area contributed by atoms with E-state index < -0.39 is 5.91 Å². The molecule has 1 fully saturated rings. The zero-order chi connectivity index (χ0) is 19.1. The molecular formula is C18H22ClN5O2S. The normalized spacial score (nSPS) is 14.3. The quantitative estimate of drug-likeness (QED) is 0.483. The third-order valence-corrected chi connectivity index (χ3v) is 5.72. The summed E-state index contributed by atoms with van der Waals surface area (Å²) in [6, 6.07) is 6.63. The van der Waals surface area contributed by atoms with Crippen molar-refractivity contribution < 1.29 is 9.59 Å². The van der Waals surface area contributed by atoms with Crippen molar-refractivity contribution in [1.82, 2.24) is 26.0 Å². The lowest BCUT2D eigenvalue weighted by Crippen LogP contribution is -2.42. The lowest BCUT2D eigenvalue weighted by Gasteiger charge is -2.07. The number of carbonyl (C=O) groups excluding carboxylic acids is 2. The number of amides is 2. The molecule has 144 valence electrons. The maximum Gasteiger partial charge on any atom is 0.271 e. The Balaban J connectivity index is 1.37. The van der Waals surface area contributed by atoms with Gasteiger partial charge >= 0.3 is 0 Å². The van der Waals surface area contributed by atoms with Crippen LogP contribution in [-0.2, 0) is 11.2 Å². The molecular weight excluding hydrogens is 386 g/mol. The summed E-state index contributed by atoms with van der Waals surface area (Å²) in [4.78, 5) is 28.3. The summed E-state index contributed by atoms with van der Waals surface area (Å²) in [7, 11) is 0. The Kier molecular flexibility index (Phi) is 7.11. The largest absolute Gasteiger partial charge is 0.272 e. The fraction of sp³-hybridized carbons (Fsp3) is 0.444. The first kappa shape index (κ1) is 19.7. The van der Waals surface area contributed by atoms with Gasteiger partial charge in [-0.15, -0.1) is 5.10 Å². The van der Waals surface area contributed by atoms with Crippen molar-refractivity contribution in [3.8, 4) is 0 Å². The van der Waals surface area contributed by atoms with Crippen LogP contribution in [0.25, 0.3) is 0 Å². The van der Waals surface area contributed by atoms with Crippen LogP contribution in [0.5, 0.6) is 0 Å². The van der Waals surface area contributed by atoms with Crippen LogP contribution >= 0.6 is 23.4 Å². The molecule has 27 heavy (non-hydrogen) atoms. The van der Waals surface area contributed by atoms with Crippen molar-refractivity contribution in [2.45, 2.75) is 43.7 Å². The minimum atomic E-state index is -0.467. The third-order valence-electron chi connectivity index (χ3n) is 4.54. The van der Waals surface area contributed by atoms with Crippen molar-refractivity contribution >= 4 is 35.2 Å². The molecule has 7 nitrogen and oxygen atoms in total. The van der Waals surface area contributed by atoms with E-state index in [9.17, 15) is 9.59 Å². The number of aromatic amines is 1. The number of hydrazine groups is 1. The van der Waals surface area contributed by atoms with Gasteiger partial charge in [0.25, 0.3) is 5.91 Å². The Hall–Kier alpha value is -2.06. The number of aryl methyl sites for hydroxylation is 1. The van der Waals surface area contributed by atoms with E-state index in [1.165, 1.54) is 37.4 Å². The molecule has 0 unspecified atom stereocenters. The number of hydrogen-bond donors (Lipinski definition) is 3. The van der Waals surface area contributed by atoms with Crippen LogP contribution in [0.15, 0.2) is 29.4 Å². The van der Waals surface area contributed by atoms with Crippen molar-refractivity contribution in [1.29, 1.82) is 0 Å². The number of H-pyrrole nitrogens is 1. The number of thioether (sulfide) groups is 1. The summed E-state index contributed by atoms with van der Waals surface area (Å²) in [5, 5.41) is 7.92. The monoisotopic (exact) mass is 407 g/mol. The Morgan fingerprint density at radius 2 is 2.00 bits per heavy atom. The van der Waals surface area contributed by atoms with E-state index in [-0.39, 0.29) is 11.7 Å². The van der Waals surface area contributed by atoms with E-state index in [4.69, 9.17) is 11.6 Å². The summed E-state index contributed by atoms with van der Waals surface area (Å²) < 4.78 is 0. The van der Waals surface area contributed by atoms with Gasteiger partial charge in [0.2, 0.25) is 11.1 Å². The van der Waals surface area contributed by atoms with E-state index >= 15 is 0 Å². The molecule has 9 heteroatoms. The van der Waals surface area contributed by atoms with E-state index in [0.717, 1.165) is 24.6 Å². The molecule has 0 atom stereocenters. The molecule has 0 saturated heterocycles. The summed E-state index contributed by atoms with van der Waals surface area (Å²) in [5.74, 6) is 0.946. The molecule has 2 amide bonds. The molecule has 3 N–H and O–H groups in total. The number of carbonyl (C=O) groups is 2. The van der Waals surface area contributed by atoms with E-state index in [1.807, 2.05) is 0 Å².